The molecule has 2 aliphatic rings. The zero-order valence-corrected chi connectivity index (χ0v) is 15.7. The van der Waals surface area contributed by atoms with E-state index < -0.39 is 17.8 Å². The lowest BCUT2D eigenvalue weighted by atomic mass is 9.74. The molecule has 0 saturated carbocycles. The average Bonchev–Trinajstić information content (AvgIpc) is 2.61. The Labute approximate surface area is 155 Å². The summed E-state index contributed by atoms with van der Waals surface area (Å²) >= 11 is 1.58. The highest BCUT2D eigenvalue weighted by atomic mass is 32.2. The Morgan fingerprint density at radius 1 is 1.27 bits per heavy atom. The van der Waals surface area contributed by atoms with Gasteiger partial charge in [0.1, 0.15) is 11.3 Å². The third-order valence-corrected chi connectivity index (χ3v) is 5.60. The van der Waals surface area contributed by atoms with Crippen molar-refractivity contribution in [2.75, 3.05) is 12.9 Å². The fourth-order valence-electron chi connectivity index (χ4n) is 3.57. The van der Waals surface area contributed by atoms with Gasteiger partial charge in [-0.2, -0.15) is 0 Å². The van der Waals surface area contributed by atoms with Crippen molar-refractivity contribution in [3.63, 3.8) is 0 Å². The summed E-state index contributed by atoms with van der Waals surface area (Å²) < 4.78 is 18.3. The summed E-state index contributed by atoms with van der Waals surface area (Å²) in [6, 6.07) is 5.89. The smallest absolute Gasteiger partial charge is 0.336 e. The van der Waals surface area contributed by atoms with Crippen LogP contribution in [-0.2, 0) is 14.3 Å². The lowest BCUT2D eigenvalue weighted by Crippen LogP contribution is -2.67. The number of carbonyl (C=O) groups excluding carboxylic acids is 2. The van der Waals surface area contributed by atoms with Gasteiger partial charge in [0.2, 0.25) is 5.91 Å². The first-order valence-electron chi connectivity index (χ1n) is 8.45. The fraction of sp³-hybridized carbons (Fsp3) is 0.444. The van der Waals surface area contributed by atoms with Crippen LogP contribution in [0.25, 0.3) is 0 Å². The van der Waals surface area contributed by atoms with Crippen molar-refractivity contribution in [1.82, 2.24) is 16.0 Å². The van der Waals surface area contributed by atoms with Gasteiger partial charge in [0.25, 0.3) is 0 Å². The second-order valence-electron chi connectivity index (χ2n) is 6.22. The Balaban J connectivity index is 2.06. The van der Waals surface area contributed by atoms with Crippen molar-refractivity contribution in [3.05, 3.63) is 46.9 Å². The summed E-state index contributed by atoms with van der Waals surface area (Å²) in [5, 5.41) is 9.54. The lowest BCUT2D eigenvalue weighted by molar-refractivity contribution is -0.137. The van der Waals surface area contributed by atoms with E-state index in [1.54, 1.807) is 30.8 Å². The number of esters is 1. The largest absolute Gasteiger partial charge is 0.466 e. The van der Waals surface area contributed by atoms with Gasteiger partial charge in [-0.05, 0) is 30.4 Å². The zero-order chi connectivity index (χ0) is 18.8. The topological polar surface area (TPSA) is 79.5 Å². The van der Waals surface area contributed by atoms with Gasteiger partial charge in [-0.3, -0.25) is 10.1 Å². The van der Waals surface area contributed by atoms with Crippen LogP contribution in [0.15, 0.2) is 35.5 Å². The van der Waals surface area contributed by atoms with Crippen LogP contribution in [0.2, 0.25) is 0 Å². The maximum Gasteiger partial charge on any atom is 0.336 e. The molecule has 140 valence electrons. The molecule has 0 spiro atoms. The van der Waals surface area contributed by atoms with Gasteiger partial charge < -0.3 is 15.4 Å². The van der Waals surface area contributed by atoms with E-state index in [1.165, 1.54) is 19.2 Å². The number of nitrogens with one attached hydrogen (secondary N) is 3. The third-order valence-electron chi connectivity index (χ3n) is 4.68. The molecule has 0 aromatic heterocycles. The highest BCUT2D eigenvalue weighted by Gasteiger charge is 2.48. The van der Waals surface area contributed by atoms with Gasteiger partial charge in [0.15, 0.2) is 0 Å². The molecular formula is C18H22FN3O3S. The van der Waals surface area contributed by atoms with E-state index in [0.717, 1.165) is 5.75 Å². The fourth-order valence-corrected chi connectivity index (χ4v) is 4.35. The van der Waals surface area contributed by atoms with Gasteiger partial charge in [0.05, 0.1) is 24.8 Å². The number of thioether (sulfide) groups is 1. The minimum atomic E-state index is -0.563. The van der Waals surface area contributed by atoms with Crippen LogP contribution in [-0.4, -0.2) is 36.4 Å². The van der Waals surface area contributed by atoms with Crippen molar-refractivity contribution >= 4 is 23.6 Å². The quantitative estimate of drug-likeness (QED) is 0.691. The van der Waals surface area contributed by atoms with E-state index >= 15 is 0 Å². The molecule has 4 atom stereocenters. The second-order valence-corrected chi connectivity index (χ2v) is 7.60. The number of fused-ring (bicyclic) bond motifs is 1. The Kier molecular flexibility index (Phi) is 5.52. The number of benzene rings is 1. The molecule has 6 nitrogen and oxygen atoms in total. The van der Waals surface area contributed by atoms with Gasteiger partial charge in [-0.15, -0.1) is 11.8 Å². The van der Waals surface area contributed by atoms with Crippen LogP contribution in [0.3, 0.4) is 0 Å². The minimum absolute atomic E-state index is 0.157. The molecule has 1 fully saturated rings. The molecule has 3 N–H and O–H groups in total. The van der Waals surface area contributed by atoms with Crippen molar-refractivity contribution in [2.45, 2.75) is 31.4 Å². The average molecular weight is 379 g/mol. The normalized spacial score (nSPS) is 28.1. The number of hydrogen-bond acceptors (Lipinski definition) is 6. The maximum absolute atomic E-state index is 13.4. The highest BCUT2D eigenvalue weighted by Crippen LogP contribution is 2.40. The summed E-state index contributed by atoms with van der Waals surface area (Å²) in [5.74, 6) is -1.28. The summed E-state index contributed by atoms with van der Waals surface area (Å²) in [6.07, 6.45) is -0.337. The SMILES string of the molecule is CCSC1NC(=O)C2C(NC(C)=C(C(=O)OC)C2c2ccc(F)cc2)N1. The first-order chi connectivity index (χ1) is 12.5. The van der Waals surface area contributed by atoms with Gasteiger partial charge in [-0.1, -0.05) is 19.1 Å². The predicted octanol–water partition coefficient (Wildman–Crippen LogP) is 1.66. The second kappa shape index (κ2) is 7.67. The standard InChI is InChI=1S/C18H22FN3O3S/c1-4-26-18-21-15-14(16(23)22-18)13(10-5-7-11(19)8-6-10)12(9(2)20-15)17(24)25-3/h5-8,13-15,18,20-21H,4H2,1-3H3,(H,22,23). The molecule has 1 amide bonds. The Hall–Kier alpha value is -2.06. The molecule has 26 heavy (non-hydrogen) atoms. The molecule has 0 bridgehead atoms. The van der Waals surface area contributed by atoms with Crippen LogP contribution in [0.1, 0.15) is 25.3 Å². The van der Waals surface area contributed by atoms with E-state index in [0.29, 0.717) is 16.8 Å². The van der Waals surface area contributed by atoms with E-state index in [9.17, 15) is 14.0 Å². The molecule has 0 aliphatic carbocycles. The molecule has 1 aromatic rings. The van der Waals surface area contributed by atoms with E-state index in [4.69, 9.17) is 4.74 Å². The zero-order valence-electron chi connectivity index (χ0n) is 14.8. The lowest BCUT2D eigenvalue weighted by Gasteiger charge is -2.45. The number of ether oxygens (including phenoxy) is 1. The van der Waals surface area contributed by atoms with Gasteiger partial charge in [-0.25, -0.2) is 9.18 Å². The molecule has 3 rings (SSSR count). The summed E-state index contributed by atoms with van der Waals surface area (Å²) in [4.78, 5) is 25.3. The first-order valence-corrected chi connectivity index (χ1v) is 9.50. The summed E-state index contributed by atoms with van der Waals surface area (Å²) in [5.41, 5.74) is 1.53. The maximum atomic E-state index is 13.4. The Morgan fingerprint density at radius 3 is 2.58 bits per heavy atom. The van der Waals surface area contributed by atoms with Crippen molar-refractivity contribution in [2.24, 2.45) is 5.92 Å². The monoisotopic (exact) mass is 379 g/mol. The van der Waals surface area contributed by atoms with Crippen molar-refractivity contribution < 1.29 is 18.7 Å². The molecule has 2 aliphatic heterocycles. The number of amides is 1. The Morgan fingerprint density at radius 2 is 1.96 bits per heavy atom. The van der Waals surface area contributed by atoms with Crippen LogP contribution < -0.4 is 16.0 Å². The van der Waals surface area contributed by atoms with Gasteiger partial charge >= 0.3 is 5.97 Å². The summed E-state index contributed by atoms with van der Waals surface area (Å²) in [7, 11) is 1.31. The van der Waals surface area contributed by atoms with Crippen molar-refractivity contribution in [3.8, 4) is 0 Å². The number of rotatable bonds is 4. The number of hydrogen-bond donors (Lipinski definition) is 3. The van der Waals surface area contributed by atoms with Crippen LogP contribution in [0.5, 0.6) is 0 Å². The van der Waals surface area contributed by atoms with Crippen molar-refractivity contribution in [1.29, 1.82) is 0 Å². The molecular weight excluding hydrogens is 357 g/mol. The molecule has 0 radical (unpaired) electrons. The number of allylic oxidation sites excluding steroid dienone is 1. The first kappa shape index (κ1) is 18.7. The molecule has 8 heteroatoms. The van der Waals surface area contributed by atoms with E-state index in [2.05, 4.69) is 16.0 Å². The van der Waals surface area contributed by atoms with Gasteiger partial charge in [0, 0.05) is 11.6 Å². The third kappa shape index (κ3) is 3.43. The van der Waals surface area contributed by atoms with Crippen LogP contribution in [0, 0.1) is 11.7 Å². The molecule has 1 saturated heterocycles. The van der Waals surface area contributed by atoms with Crippen LogP contribution in [0.4, 0.5) is 4.39 Å². The summed E-state index contributed by atoms with van der Waals surface area (Å²) in [6.45, 7) is 3.80. The number of carbonyl (C=O) groups is 2. The van der Waals surface area contributed by atoms with E-state index in [-0.39, 0.29) is 23.4 Å². The highest BCUT2D eigenvalue weighted by molar-refractivity contribution is 7.99. The van der Waals surface area contributed by atoms with Crippen LogP contribution >= 0.6 is 11.8 Å². The minimum Gasteiger partial charge on any atom is -0.466 e. The number of halogens is 1. The Bertz CT molecular complexity index is 738. The van der Waals surface area contributed by atoms with E-state index in [1.807, 2.05) is 6.92 Å². The molecule has 1 aromatic carbocycles. The predicted molar refractivity (Wildman–Crippen MR) is 97.5 cm³/mol. The number of methoxy groups -OCH3 is 1. The molecule has 2 heterocycles. The molecule has 4 unspecified atom stereocenters.